The summed E-state index contributed by atoms with van der Waals surface area (Å²) in [4.78, 5) is 19.0. The van der Waals surface area contributed by atoms with Crippen LogP contribution in [0, 0.1) is 0 Å². The van der Waals surface area contributed by atoms with Gasteiger partial charge in [0.1, 0.15) is 0 Å². The van der Waals surface area contributed by atoms with E-state index in [9.17, 15) is 0 Å². The topological polar surface area (TPSA) is 51.6 Å². The molecule has 40 heavy (non-hydrogen) atoms. The lowest BCUT2D eigenvalue weighted by Crippen LogP contribution is -2.00. The van der Waals surface area contributed by atoms with Gasteiger partial charge >= 0.3 is 0 Å². The Morgan fingerprint density at radius 3 is 1.45 bits per heavy atom. The van der Waals surface area contributed by atoms with Gasteiger partial charge in [-0.2, -0.15) is 0 Å². The molecule has 4 heteroatoms. The number of pyridine rings is 1. The van der Waals surface area contributed by atoms with Gasteiger partial charge < -0.3 is 0 Å². The summed E-state index contributed by atoms with van der Waals surface area (Å²) in [6, 6.07) is 45.6. The van der Waals surface area contributed by atoms with E-state index in [1.54, 1.807) is 6.20 Å². The minimum absolute atomic E-state index is 0.655. The Bertz CT molecular complexity index is 1860. The first kappa shape index (κ1) is 23.6. The summed E-state index contributed by atoms with van der Waals surface area (Å²) in [6.07, 6.45) is 3.69. The summed E-state index contributed by atoms with van der Waals surface area (Å²) < 4.78 is 0. The highest BCUT2D eigenvalue weighted by Crippen LogP contribution is 2.35. The monoisotopic (exact) mass is 512 g/mol. The van der Waals surface area contributed by atoms with Gasteiger partial charge in [0.2, 0.25) is 0 Å². The van der Waals surface area contributed by atoms with Crippen LogP contribution in [0.4, 0.5) is 0 Å². The summed E-state index contributed by atoms with van der Waals surface area (Å²) in [5.74, 6) is 1.97. The third-order valence-corrected chi connectivity index (χ3v) is 7.05. The van der Waals surface area contributed by atoms with E-state index in [2.05, 4.69) is 71.7 Å². The van der Waals surface area contributed by atoms with Gasteiger partial charge in [0, 0.05) is 29.1 Å². The fourth-order valence-corrected chi connectivity index (χ4v) is 5.06. The Kier molecular flexibility index (Phi) is 6.11. The largest absolute Gasteiger partial charge is 0.264 e. The molecule has 0 atom stereocenters. The number of aromatic nitrogens is 4. The minimum Gasteiger partial charge on any atom is -0.264 e. The number of nitrogens with zero attached hydrogens (tertiary/aromatic N) is 4. The van der Waals surface area contributed by atoms with E-state index in [4.69, 9.17) is 15.0 Å². The molecule has 2 aromatic heterocycles. The molecule has 0 radical (unpaired) electrons. The number of fused-ring (bicyclic) bond motifs is 1. The number of hydrogen-bond donors (Lipinski definition) is 0. The van der Waals surface area contributed by atoms with Gasteiger partial charge in [0.25, 0.3) is 0 Å². The van der Waals surface area contributed by atoms with Crippen LogP contribution in [0.1, 0.15) is 0 Å². The fourth-order valence-electron chi connectivity index (χ4n) is 5.06. The molecule has 0 spiro atoms. The molecule has 2 heterocycles. The third-order valence-electron chi connectivity index (χ3n) is 7.05. The summed E-state index contributed by atoms with van der Waals surface area (Å²) in [5, 5.41) is 2.25. The van der Waals surface area contributed by atoms with Crippen LogP contribution in [0.25, 0.3) is 67.2 Å². The van der Waals surface area contributed by atoms with Crippen LogP contribution in [-0.4, -0.2) is 19.9 Å². The van der Waals surface area contributed by atoms with Crippen molar-refractivity contribution in [3.05, 3.63) is 146 Å². The molecule has 0 aliphatic heterocycles. The Labute approximate surface area is 232 Å². The van der Waals surface area contributed by atoms with Gasteiger partial charge in [0.15, 0.2) is 17.5 Å². The first-order chi connectivity index (χ1) is 19.8. The highest BCUT2D eigenvalue weighted by atomic mass is 15.0. The fraction of sp³-hybridized carbons (Fsp3) is 0. The summed E-state index contributed by atoms with van der Waals surface area (Å²) >= 11 is 0. The Balaban J connectivity index is 1.37. The minimum atomic E-state index is 0.655. The maximum atomic E-state index is 4.97. The summed E-state index contributed by atoms with van der Waals surface area (Å²) in [6.45, 7) is 0. The predicted octanol–water partition coefficient (Wildman–Crippen LogP) is 8.75. The molecule has 0 saturated carbocycles. The number of benzene rings is 5. The lowest BCUT2D eigenvalue weighted by atomic mass is 9.94. The molecule has 0 saturated heterocycles. The zero-order chi connectivity index (χ0) is 26.7. The molecule has 0 bridgehead atoms. The Morgan fingerprint density at radius 1 is 0.325 bits per heavy atom. The molecule has 7 rings (SSSR count). The van der Waals surface area contributed by atoms with Crippen molar-refractivity contribution in [3.8, 4) is 56.4 Å². The van der Waals surface area contributed by atoms with Crippen LogP contribution in [0.3, 0.4) is 0 Å². The molecule has 0 aliphatic carbocycles. The van der Waals surface area contributed by atoms with Crippen molar-refractivity contribution in [2.75, 3.05) is 0 Å². The molecule has 7 aromatic rings. The highest BCUT2D eigenvalue weighted by molar-refractivity contribution is 6.03. The smallest absolute Gasteiger partial charge is 0.164 e. The van der Waals surface area contributed by atoms with E-state index in [-0.39, 0.29) is 0 Å². The maximum absolute atomic E-state index is 4.97. The molecule has 0 aliphatic rings. The lowest BCUT2D eigenvalue weighted by molar-refractivity contribution is 1.08. The van der Waals surface area contributed by atoms with E-state index in [1.165, 1.54) is 0 Å². The molecular formula is C36H24N4. The molecular weight excluding hydrogens is 488 g/mol. The van der Waals surface area contributed by atoms with Gasteiger partial charge in [-0.25, -0.2) is 15.0 Å². The molecule has 0 N–H and O–H groups in total. The Morgan fingerprint density at radius 2 is 0.850 bits per heavy atom. The van der Waals surface area contributed by atoms with E-state index in [0.29, 0.717) is 17.5 Å². The van der Waals surface area contributed by atoms with Crippen molar-refractivity contribution in [1.82, 2.24) is 19.9 Å². The first-order valence-electron chi connectivity index (χ1n) is 13.2. The zero-order valence-electron chi connectivity index (χ0n) is 21.6. The molecule has 0 unspecified atom stereocenters. The molecule has 0 amide bonds. The van der Waals surface area contributed by atoms with Crippen molar-refractivity contribution in [2.24, 2.45) is 0 Å². The normalized spacial score (nSPS) is 11.0. The van der Waals surface area contributed by atoms with Crippen LogP contribution in [0.2, 0.25) is 0 Å². The van der Waals surface area contributed by atoms with Crippen LogP contribution in [0.5, 0.6) is 0 Å². The van der Waals surface area contributed by atoms with Gasteiger partial charge in [-0.3, -0.25) is 4.98 Å². The standard InChI is InChI=1S/C36H24N4/c1-3-10-27(11-4-1)34-38-35(28-12-5-2-6-13-28)40-36(39-34)33-18-8-16-31-30(15-7-17-32(31)33)26-21-19-25(20-22-26)29-14-9-23-37-24-29/h1-24H. The molecule has 4 nitrogen and oxygen atoms in total. The first-order valence-corrected chi connectivity index (χ1v) is 13.2. The van der Waals surface area contributed by atoms with Gasteiger partial charge in [0.05, 0.1) is 0 Å². The van der Waals surface area contributed by atoms with Crippen molar-refractivity contribution < 1.29 is 0 Å². The number of rotatable bonds is 5. The zero-order valence-corrected chi connectivity index (χ0v) is 21.6. The maximum Gasteiger partial charge on any atom is 0.164 e. The second kappa shape index (κ2) is 10.4. The van der Waals surface area contributed by atoms with Crippen LogP contribution in [-0.2, 0) is 0 Å². The van der Waals surface area contributed by atoms with E-state index < -0.39 is 0 Å². The second-order valence-corrected chi connectivity index (χ2v) is 9.56. The van der Waals surface area contributed by atoms with Crippen molar-refractivity contribution in [1.29, 1.82) is 0 Å². The summed E-state index contributed by atoms with van der Waals surface area (Å²) in [7, 11) is 0. The second-order valence-electron chi connectivity index (χ2n) is 9.56. The Hall–Kier alpha value is -5.48. The van der Waals surface area contributed by atoms with Gasteiger partial charge in [-0.15, -0.1) is 0 Å². The van der Waals surface area contributed by atoms with Crippen molar-refractivity contribution in [3.63, 3.8) is 0 Å². The molecule has 188 valence electrons. The quantitative estimate of drug-likeness (QED) is 0.231. The molecule has 0 fully saturated rings. The van der Waals surface area contributed by atoms with E-state index in [1.807, 2.05) is 72.9 Å². The van der Waals surface area contributed by atoms with Crippen molar-refractivity contribution in [2.45, 2.75) is 0 Å². The number of hydrogen-bond acceptors (Lipinski definition) is 4. The summed E-state index contributed by atoms with van der Waals surface area (Å²) in [5.41, 5.74) is 7.45. The van der Waals surface area contributed by atoms with E-state index in [0.717, 1.165) is 49.7 Å². The average Bonchev–Trinajstić information content (AvgIpc) is 3.05. The average molecular weight is 513 g/mol. The van der Waals surface area contributed by atoms with Crippen LogP contribution >= 0.6 is 0 Å². The van der Waals surface area contributed by atoms with Gasteiger partial charge in [-0.05, 0) is 39.1 Å². The van der Waals surface area contributed by atoms with Crippen LogP contribution in [0.15, 0.2) is 146 Å². The van der Waals surface area contributed by atoms with Crippen LogP contribution < -0.4 is 0 Å². The van der Waals surface area contributed by atoms with Gasteiger partial charge in [-0.1, -0.05) is 127 Å². The molecule has 5 aromatic carbocycles. The SMILES string of the molecule is c1ccc(-c2nc(-c3ccccc3)nc(-c3cccc4c(-c5ccc(-c6cccnc6)cc5)cccc34)n2)cc1. The van der Waals surface area contributed by atoms with Crippen molar-refractivity contribution >= 4 is 10.8 Å². The van der Waals surface area contributed by atoms with E-state index >= 15 is 0 Å². The predicted molar refractivity (Wildman–Crippen MR) is 162 cm³/mol. The lowest BCUT2D eigenvalue weighted by Gasteiger charge is -2.13. The highest BCUT2D eigenvalue weighted by Gasteiger charge is 2.15. The third kappa shape index (κ3) is 4.52.